The van der Waals surface area contributed by atoms with Crippen LogP contribution in [0.1, 0.15) is 64.8 Å². The smallest absolute Gasteiger partial charge is 0.116 e. The Hall–Kier alpha value is -0.440. The second-order valence-corrected chi connectivity index (χ2v) is 4.56. The number of halogens is 1. The maximum atomic E-state index is 4.26. The maximum absolute atomic E-state index is 4.26. The molecule has 1 heterocycles. The molecule has 1 aromatic heterocycles. The largest absolute Gasteiger partial charge is 0.240 e. The van der Waals surface area contributed by atoms with Crippen molar-refractivity contribution in [3.8, 4) is 0 Å². The fourth-order valence-electron chi connectivity index (χ4n) is 1.20. The minimum absolute atomic E-state index is 0.440. The molecule has 86 valence electrons. The van der Waals surface area contributed by atoms with E-state index in [1.165, 1.54) is 0 Å². The van der Waals surface area contributed by atoms with Crippen LogP contribution < -0.4 is 0 Å². The molecule has 0 bridgehead atoms. The zero-order valence-electron chi connectivity index (χ0n) is 10.5. The lowest BCUT2D eigenvalue weighted by molar-refractivity contribution is 0.755. The molecule has 0 N–H and O–H groups in total. The highest BCUT2D eigenvalue weighted by atomic mass is 79.9. The molecule has 1 rings (SSSR count). The molecule has 0 aromatic carbocycles. The summed E-state index contributed by atoms with van der Waals surface area (Å²) in [6.45, 7) is 12.5. The molecular weight excluding hydrogens is 252 g/mol. The van der Waals surface area contributed by atoms with Crippen molar-refractivity contribution in [2.75, 3.05) is 0 Å². The predicted octanol–water partition coefficient (Wildman–Crippen LogP) is 4.51. The first-order valence-corrected chi connectivity index (χ1v) is 6.33. The molecule has 0 spiro atoms. The molecule has 0 aliphatic carbocycles. The standard InChI is InChI=1S/C10H15BrN2.C2H6/c1-6(2)9-8(11)10(7(3)4)13-5-12-9;1-2/h5-7H,1-4H3;1-2H3. The van der Waals surface area contributed by atoms with E-state index in [0.29, 0.717) is 11.8 Å². The van der Waals surface area contributed by atoms with Crippen molar-refractivity contribution in [3.05, 3.63) is 22.2 Å². The zero-order valence-corrected chi connectivity index (χ0v) is 12.1. The maximum Gasteiger partial charge on any atom is 0.116 e. The minimum atomic E-state index is 0.440. The molecule has 0 radical (unpaired) electrons. The van der Waals surface area contributed by atoms with Gasteiger partial charge in [0.15, 0.2) is 0 Å². The normalized spacial score (nSPS) is 10.2. The van der Waals surface area contributed by atoms with Crippen molar-refractivity contribution in [2.24, 2.45) is 0 Å². The fraction of sp³-hybridized carbons (Fsp3) is 0.667. The predicted molar refractivity (Wildman–Crippen MR) is 69.3 cm³/mol. The van der Waals surface area contributed by atoms with E-state index in [-0.39, 0.29) is 0 Å². The summed E-state index contributed by atoms with van der Waals surface area (Å²) < 4.78 is 1.07. The highest BCUT2D eigenvalue weighted by Crippen LogP contribution is 2.28. The van der Waals surface area contributed by atoms with Crippen LogP contribution in [-0.4, -0.2) is 9.97 Å². The molecule has 0 aliphatic heterocycles. The molecule has 0 fully saturated rings. The van der Waals surface area contributed by atoms with Gasteiger partial charge < -0.3 is 0 Å². The summed E-state index contributed by atoms with van der Waals surface area (Å²) >= 11 is 3.56. The Bertz CT molecular complexity index is 269. The van der Waals surface area contributed by atoms with E-state index in [2.05, 4.69) is 53.6 Å². The van der Waals surface area contributed by atoms with Crippen LogP contribution in [0, 0.1) is 0 Å². The third-order valence-electron chi connectivity index (χ3n) is 1.94. The highest BCUT2D eigenvalue weighted by Gasteiger charge is 2.13. The van der Waals surface area contributed by atoms with Gasteiger partial charge in [-0.15, -0.1) is 0 Å². The van der Waals surface area contributed by atoms with E-state index >= 15 is 0 Å². The first-order valence-electron chi connectivity index (χ1n) is 5.54. The minimum Gasteiger partial charge on any atom is -0.240 e. The molecule has 1 aromatic rings. The third-order valence-corrected chi connectivity index (χ3v) is 2.75. The van der Waals surface area contributed by atoms with E-state index in [1.54, 1.807) is 6.33 Å². The van der Waals surface area contributed by atoms with E-state index < -0.39 is 0 Å². The van der Waals surface area contributed by atoms with E-state index in [4.69, 9.17) is 0 Å². The molecule has 0 atom stereocenters. The average Bonchev–Trinajstić information content (AvgIpc) is 2.20. The third kappa shape index (κ3) is 3.90. The van der Waals surface area contributed by atoms with Crippen molar-refractivity contribution in [1.29, 1.82) is 0 Å². The van der Waals surface area contributed by atoms with E-state index in [9.17, 15) is 0 Å². The van der Waals surface area contributed by atoms with Crippen molar-refractivity contribution >= 4 is 15.9 Å². The summed E-state index contributed by atoms with van der Waals surface area (Å²) in [6, 6.07) is 0. The van der Waals surface area contributed by atoms with Gasteiger partial charge >= 0.3 is 0 Å². The van der Waals surface area contributed by atoms with Crippen LogP contribution in [0.2, 0.25) is 0 Å². The summed E-state index contributed by atoms with van der Waals surface area (Å²) in [5.74, 6) is 0.879. The quantitative estimate of drug-likeness (QED) is 0.792. The molecule has 0 saturated heterocycles. The topological polar surface area (TPSA) is 25.8 Å². The van der Waals surface area contributed by atoms with Crippen molar-refractivity contribution in [1.82, 2.24) is 9.97 Å². The Balaban J connectivity index is 0.000000921. The van der Waals surface area contributed by atoms with E-state index in [1.807, 2.05) is 13.8 Å². The second kappa shape index (κ2) is 6.94. The number of nitrogens with zero attached hydrogens (tertiary/aromatic N) is 2. The molecule has 2 nitrogen and oxygen atoms in total. The van der Waals surface area contributed by atoms with Gasteiger partial charge in [-0.2, -0.15) is 0 Å². The summed E-state index contributed by atoms with van der Waals surface area (Å²) in [6.07, 6.45) is 1.65. The van der Waals surface area contributed by atoms with Gasteiger partial charge in [0.1, 0.15) is 6.33 Å². The van der Waals surface area contributed by atoms with Gasteiger partial charge in [-0.05, 0) is 27.8 Å². The van der Waals surface area contributed by atoms with Gasteiger partial charge in [-0.1, -0.05) is 41.5 Å². The number of aromatic nitrogens is 2. The number of hydrogen-bond acceptors (Lipinski definition) is 2. The van der Waals surface area contributed by atoms with Crippen molar-refractivity contribution in [3.63, 3.8) is 0 Å². The fourth-order valence-corrected chi connectivity index (χ4v) is 2.32. The molecule has 0 saturated carbocycles. The SMILES string of the molecule is CC.CC(C)c1ncnc(C(C)C)c1Br. The molecular formula is C12H21BrN2. The molecule has 0 amide bonds. The summed E-state index contributed by atoms with van der Waals surface area (Å²) in [7, 11) is 0. The van der Waals surface area contributed by atoms with Gasteiger partial charge in [0, 0.05) is 0 Å². The molecule has 3 heteroatoms. The van der Waals surface area contributed by atoms with Gasteiger partial charge in [0.2, 0.25) is 0 Å². The Morgan fingerprint density at radius 2 is 1.27 bits per heavy atom. The van der Waals surface area contributed by atoms with E-state index in [0.717, 1.165) is 15.9 Å². The lowest BCUT2D eigenvalue weighted by Crippen LogP contribution is -2.02. The monoisotopic (exact) mass is 272 g/mol. The Kier molecular flexibility index (Phi) is 6.73. The number of rotatable bonds is 2. The van der Waals surface area contributed by atoms with Crippen LogP contribution in [-0.2, 0) is 0 Å². The Morgan fingerprint density at radius 3 is 1.53 bits per heavy atom. The highest BCUT2D eigenvalue weighted by molar-refractivity contribution is 9.10. The Morgan fingerprint density at radius 1 is 0.933 bits per heavy atom. The summed E-state index contributed by atoms with van der Waals surface area (Å²) in [5, 5.41) is 0. The van der Waals surface area contributed by atoms with Crippen LogP contribution >= 0.6 is 15.9 Å². The van der Waals surface area contributed by atoms with Crippen LogP contribution in [0.4, 0.5) is 0 Å². The Labute approximate surface area is 102 Å². The van der Waals surface area contributed by atoms with Gasteiger partial charge in [0.05, 0.1) is 15.9 Å². The lowest BCUT2D eigenvalue weighted by Gasteiger charge is -2.12. The average molecular weight is 273 g/mol. The summed E-state index contributed by atoms with van der Waals surface area (Å²) in [5.41, 5.74) is 2.19. The first kappa shape index (κ1) is 14.6. The molecule has 15 heavy (non-hydrogen) atoms. The van der Waals surface area contributed by atoms with Gasteiger partial charge in [0.25, 0.3) is 0 Å². The molecule has 0 unspecified atom stereocenters. The summed E-state index contributed by atoms with van der Waals surface area (Å²) in [4.78, 5) is 8.53. The van der Waals surface area contributed by atoms with Crippen molar-refractivity contribution in [2.45, 2.75) is 53.4 Å². The van der Waals surface area contributed by atoms with Crippen LogP contribution in [0.15, 0.2) is 10.8 Å². The van der Waals surface area contributed by atoms with Gasteiger partial charge in [-0.25, -0.2) is 9.97 Å². The zero-order chi connectivity index (χ0) is 12.0. The first-order chi connectivity index (χ1) is 7.04. The van der Waals surface area contributed by atoms with Crippen LogP contribution in [0.3, 0.4) is 0 Å². The van der Waals surface area contributed by atoms with Crippen LogP contribution in [0.25, 0.3) is 0 Å². The van der Waals surface area contributed by atoms with Crippen molar-refractivity contribution < 1.29 is 0 Å². The number of hydrogen-bond donors (Lipinski definition) is 0. The van der Waals surface area contributed by atoms with Gasteiger partial charge in [-0.3, -0.25) is 0 Å². The lowest BCUT2D eigenvalue weighted by atomic mass is 10.1. The van der Waals surface area contributed by atoms with Crippen LogP contribution in [0.5, 0.6) is 0 Å². The second-order valence-electron chi connectivity index (χ2n) is 3.77. The molecule has 0 aliphatic rings.